The molecule has 0 saturated carbocycles. The molecule has 0 fully saturated rings. The van der Waals surface area contributed by atoms with E-state index in [0.717, 1.165) is 40.7 Å². The standard InChI is InChI=1S/C20H28N4O3/c1-6-24-15(4)20(13(2)22-24)21-19(25)12-23(5)14(3)16-7-8-17-18(11-16)27-10-9-26-17/h7-8,11,14H,6,9-10,12H2,1-5H3,(H,21,25)/t14-/m1/s1. The number of fused-ring (bicyclic) bond motifs is 1. The zero-order chi connectivity index (χ0) is 19.6. The molecule has 0 saturated heterocycles. The summed E-state index contributed by atoms with van der Waals surface area (Å²) in [5.41, 5.74) is 3.71. The molecule has 1 aromatic heterocycles. The summed E-state index contributed by atoms with van der Waals surface area (Å²) in [7, 11) is 1.94. The zero-order valence-electron chi connectivity index (χ0n) is 16.7. The first-order chi connectivity index (χ1) is 12.9. The largest absolute Gasteiger partial charge is 0.486 e. The second-order valence-electron chi connectivity index (χ2n) is 6.90. The Morgan fingerprint density at radius 1 is 1.30 bits per heavy atom. The quantitative estimate of drug-likeness (QED) is 0.844. The molecule has 2 aromatic rings. The number of nitrogens with zero attached hydrogens (tertiary/aromatic N) is 3. The van der Waals surface area contributed by atoms with Gasteiger partial charge in [-0.2, -0.15) is 5.10 Å². The maximum absolute atomic E-state index is 12.6. The summed E-state index contributed by atoms with van der Waals surface area (Å²) in [6.07, 6.45) is 0. The minimum Gasteiger partial charge on any atom is -0.486 e. The van der Waals surface area contributed by atoms with Crippen molar-refractivity contribution < 1.29 is 14.3 Å². The van der Waals surface area contributed by atoms with E-state index in [-0.39, 0.29) is 18.5 Å². The van der Waals surface area contributed by atoms with Gasteiger partial charge in [-0.15, -0.1) is 0 Å². The van der Waals surface area contributed by atoms with E-state index in [9.17, 15) is 4.79 Å². The number of aromatic nitrogens is 2. The molecule has 146 valence electrons. The van der Waals surface area contributed by atoms with Crippen molar-refractivity contribution in [1.82, 2.24) is 14.7 Å². The third-order valence-corrected chi connectivity index (χ3v) is 5.05. The summed E-state index contributed by atoms with van der Waals surface area (Å²) in [6, 6.07) is 6.01. The Morgan fingerprint density at radius 2 is 2.00 bits per heavy atom. The Labute approximate surface area is 160 Å². The van der Waals surface area contributed by atoms with E-state index in [1.807, 2.05) is 55.6 Å². The molecule has 27 heavy (non-hydrogen) atoms. The van der Waals surface area contributed by atoms with Crippen LogP contribution in [0.5, 0.6) is 11.5 Å². The second-order valence-corrected chi connectivity index (χ2v) is 6.90. The van der Waals surface area contributed by atoms with Gasteiger partial charge in [0.05, 0.1) is 23.6 Å². The maximum atomic E-state index is 12.6. The second kappa shape index (κ2) is 8.00. The molecule has 0 spiro atoms. The Morgan fingerprint density at radius 3 is 2.67 bits per heavy atom. The highest BCUT2D eigenvalue weighted by atomic mass is 16.6. The van der Waals surface area contributed by atoms with Gasteiger partial charge in [-0.1, -0.05) is 6.07 Å². The molecule has 2 heterocycles. The minimum absolute atomic E-state index is 0.0521. The van der Waals surface area contributed by atoms with Crippen LogP contribution in [0.15, 0.2) is 18.2 Å². The number of hydrogen-bond acceptors (Lipinski definition) is 5. The number of likely N-dealkylation sites (N-methyl/N-ethyl adjacent to an activating group) is 1. The van der Waals surface area contributed by atoms with Crippen LogP contribution in [0, 0.1) is 13.8 Å². The summed E-state index contributed by atoms with van der Waals surface area (Å²) in [6.45, 7) is 10.2. The Balaban J connectivity index is 1.65. The number of rotatable bonds is 6. The van der Waals surface area contributed by atoms with Crippen LogP contribution in [-0.2, 0) is 11.3 Å². The number of benzene rings is 1. The third kappa shape index (κ3) is 4.08. The normalized spacial score (nSPS) is 14.3. The van der Waals surface area contributed by atoms with Crippen LogP contribution in [0.4, 0.5) is 5.69 Å². The van der Waals surface area contributed by atoms with Gasteiger partial charge in [0.25, 0.3) is 0 Å². The Hall–Kier alpha value is -2.54. The molecule has 0 unspecified atom stereocenters. The van der Waals surface area contributed by atoms with Gasteiger partial charge in [0, 0.05) is 12.6 Å². The predicted octanol–water partition coefficient (Wildman–Crippen LogP) is 2.92. The highest BCUT2D eigenvalue weighted by molar-refractivity contribution is 5.93. The van der Waals surface area contributed by atoms with Crippen molar-refractivity contribution in [3.8, 4) is 11.5 Å². The highest BCUT2D eigenvalue weighted by Crippen LogP contribution is 2.33. The molecule has 1 atom stereocenters. The molecule has 1 aromatic carbocycles. The van der Waals surface area contributed by atoms with E-state index in [1.54, 1.807) is 0 Å². The lowest BCUT2D eigenvalue weighted by Gasteiger charge is -2.26. The number of carbonyl (C=O) groups is 1. The lowest BCUT2D eigenvalue weighted by Crippen LogP contribution is -2.32. The van der Waals surface area contributed by atoms with Gasteiger partial charge in [-0.25, -0.2) is 0 Å². The topological polar surface area (TPSA) is 68.6 Å². The summed E-state index contributed by atoms with van der Waals surface area (Å²) in [4.78, 5) is 14.6. The SMILES string of the molecule is CCn1nc(C)c(NC(=O)CN(C)[C@H](C)c2ccc3c(c2)OCCO3)c1C. The highest BCUT2D eigenvalue weighted by Gasteiger charge is 2.20. The summed E-state index contributed by atoms with van der Waals surface area (Å²) >= 11 is 0. The van der Waals surface area contributed by atoms with Gasteiger partial charge in [0.2, 0.25) is 5.91 Å². The fraction of sp³-hybridized carbons (Fsp3) is 0.500. The lowest BCUT2D eigenvalue weighted by atomic mass is 10.1. The minimum atomic E-state index is -0.0521. The fourth-order valence-corrected chi connectivity index (χ4v) is 3.30. The van der Waals surface area contributed by atoms with Crippen molar-refractivity contribution in [1.29, 1.82) is 0 Å². The molecule has 1 N–H and O–H groups in total. The molecule has 0 bridgehead atoms. The van der Waals surface area contributed by atoms with E-state index in [0.29, 0.717) is 13.2 Å². The number of nitrogens with one attached hydrogen (secondary N) is 1. The number of anilines is 1. The van der Waals surface area contributed by atoms with E-state index in [2.05, 4.69) is 17.3 Å². The molecule has 0 aliphatic carbocycles. The molecule has 0 radical (unpaired) electrons. The summed E-state index contributed by atoms with van der Waals surface area (Å²) in [5.74, 6) is 1.49. The first kappa shape index (κ1) is 19.2. The summed E-state index contributed by atoms with van der Waals surface area (Å²) < 4.78 is 13.1. The number of amides is 1. The number of ether oxygens (including phenoxy) is 2. The maximum Gasteiger partial charge on any atom is 0.238 e. The van der Waals surface area contributed by atoms with Crippen LogP contribution >= 0.6 is 0 Å². The van der Waals surface area contributed by atoms with Gasteiger partial charge in [0.1, 0.15) is 13.2 Å². The van der Waals surface area contributed by atoms with Crippen molar-refractivity contribution in [2.24, 2.45) is 0 Å². The molecular formula is C20H28N4O3. The van der Waals surface area contributed by atoms with Crippen LogP contribution in [0.2, 0.25) is 0 Å². The van der Waals surface area contributed by atoms with Crippen molar-refractivity contribution in [3.05, 3.63) is 35.2 Å². The summed E-state index contributed by atoms with van der Waals surface area (Å²) in [5, 5.41) is 7.46. The van der Waals surface area contributed by atoms with Crippen molar-refractivity contribution in [3.63, 3.8) is 0 Å². The van der Waals surface area contributed by atoms with Crippen LogP contribution in [0.1, 0.15) is 36.8 Å². The van der Waals surface area contributed by atoms with Crippen LogP contribution in [0.25, 0.3) is 0 Å². The predicted molar refractivity (Wildman–Crippen MR) is 104 cm³/mol. The molecule has 7 heteroatoms. The number of carbonyl (C=O) groups excluding carboxylic acids is 1. The van der Waals surface area contributed by atoms with Crippen molar-refractivity contribution in [2.45, 2.75) is 40.3 Å². The van der Waals surface area contributed by atoms with E-state index >= 15 is 0 Å². The molecule has 1 aliphatic rings. The molecule has 3 rings (SSSR count). The first-order valence-corrected chi connectivity index (χ1v) is 9.34. The van der Waals surface area contributed by atoms with Gasteiger partial charge in [-0.3, -0.25) is 14.4 Å². The van der Waals surface area contributed by atoms with Crippen LogP contribution in [-0.4, -0.2) is 47.4 Å². The van der Waals surface area contributed by atoms with Crippen molar-refractivity contribution in [2.75, 3.05) is 32.1 Å². The van der Waals surface area contributed by atoms with Crippen molar-refractivity contribution >= 4 is 11.6 Å². The monoisotopic (exact) mass is 372 g/mol. The Bertz CT molecular complexity index is 831. The van der Waals surface area contributed by atoms with Gasteiger partial charge < -0.3 is 14.8 Å². The van der Waals surface area contributed by atoms with Crippen LogP contribution < -0.4 is 14.8 Å². The van der Waals surface area contributed by atoms with Crippen LogP contribution in [0.3, 0.4) is 0 Å². The average molecular weight is 372 g/mol. The third-order valence-electron chi connectivity index (χ3n) is 5.05. The molecule has 7 nitrogen and oxygen atoms in total. The van der Waals surface area contributed by atoms with Gasteiger partial charge in [-0.05, 0) is 52.4 Å². The Kier molecular flexibility index (Phi) is 5.70. The smallest absolute Gasteiger partial charge is 0.238 e. The number of hydrogen-bond donors (Lipinski definition) is 1. The molecule has 1 aliphatic heterocycles. The molecule has 1 amide bonds. The first-order valence-electron chi connectivity index (χ1n) is 9.34. The van der Waals surface area contributed by atoms with E-state index < -0.39 is 0 Å². The van der Waals surface area contributed by atoms with E-state index in [1.165, 1.54) is 0 Å². The lowest BCUT2D eigenvalue weighted by molar-refractivity contribution is -0.117. The molecular weight excluding hydrogens is 344 g/mol. The zero-order valence-corrected chi connectivity index (χ0v) is 16.7. The van der Waals surface area contributed by atoms with Gasteiger partial charge in [0.15, 0.2) is 11.5 Å². The van der Waals surface area contributed by atoms with Gasteiger partial charge >= 0.3 is 0 Å². The average Bonchev–Trinajstić information content (AvgIpc) is 2.94. The van der Waals surface area contributed by atoms with E-state index in [4.69, 9.17) is 9.47 Å². The fourth-order valence-electron chi connectivity index (χ4n) is 3.30. The number of aryl methyl sites for hydroxylation is 2.